The van der Waals surface area contributed by atoms with Gasteiger partial charge >= 0.3 is 0 Å². The summed E-state index contributed by atoms with van der Waals surface area (Å²) in [5.74, 6) is 0. The second kappa shape index (κ2) is 10.5. The summed E-state index contributed by atoms with van der Waals surface area (Å²) in [4.78, 5) is 0. The second-order valence-electron chi connectivity index (χ2n) is 7.33. The highest BCUT2D eigenvalue weighted by molar-refractivity contribution is 6.83. The molecule has 0 aliphatic carbocycles. The molecule has 0 aromatic heterocycles. The van der Waals surface area contributed by atoms with Gasteiger partial charge in [0.25, 0.3) is 0 Å². The third-order valence-corrected chi connectivity index (χ3v) is 7.63. The molecule has 126 valence electrons. The molecule has 0 fully saturated rings. The molecule has 0 aromatic carbocycles. The summed E-state index contributed by atoms with van der Waals surface area (Å²) in [5.41, 5.74) is -0.599. The molecule has 1 N–H and O–H groups in total. The van der Waals surface area contributed by atoms with Crippen molar-refractivity contribution >= 4 is 16.6 Å². The number of rotatable bonds is 7. The van der Waals surface area contributed by atoms with E-state index in [1.54, 1.807) is 0 Å². The summed E-state index contributed by atoms with van der Waals surface area (Å²) in [6, 6.07) is 0. The molecule has 0 aromatic rings. The van der Waals surface area contributed by atoms with E-state index in [2.05, 4.69) is 52.3 Å². The Morgan fingerprint density at radius 2 is 1.29 bits per heavy atom. The van der Waals surface area contributed by atoms with Gasteiger partial charge in [-0.05, 0) is 58.5 Å². The van der Waals surface area contributed by atoms with E-state index < -0.39 is 22.2 Å². The minimum absolute atomic E-state index is 0.599. The van der Waals surface area contributed by atoms with Crippen molar-refractivity contribution in [3.8, 4) is 0 Å². The summed E-state index contributed by atoms with van der Waals surface area (Å²) in [5, 5.41) is 9.81. The first-order valence-corrected chi connectivity index (χ1v) is 15.0. The molecule has 0 bridgehead atoms. The summed E-state index contributed by atoms with van der Waals surface area (Å²) in [7, 11) is -2.46. The molecule has 0 spiro atoms. The first-order chi connectivity index (χ1) is 9.39. The maximum Gasteiger partial charge on any atom is 0.170 e. The molecule has 0 aliphatic heterocycles. The van der Waals surface area contributed by atoms with Gasteiger partial charge in [-0.2, -0.15) is 0 Å². The lowest BCUT2D eigenvalue weighted by Gasteiger charge is -2.27. The predicted molar refractivity (Wildman–Crippen MR) is 102 cm³/mol. The lowest BCUT2D eigenvalue weighted by atomic mass is 9.97. The minimum atomic E-state index is -1.23. The molecule has 2 nitrogen and oxygen atoms in total. The van der Waals surface area contributed by atoms with E-state index in [1.807, 2.05) is 32.1 Å². The Hall–Kier alpha value is -0.166. The van der Waals surface area contributed by atoms with Gasteiger partial charge in [0, 0.05) is 0 Å². The third kappa shape index (κ3) is 17.8. The predicted octanol–water partition coefficient (Wildman–Crippen LogP) is 5.73. The first-order valence-electron chi connectivity index (χ1n) is 8.16. The zero-order valence-electron chi connectivity index (χ0n) is 15.8. The number of hydrogen-bond acceptors (Lipinski definition) is 2. The molecular weight excluding hydrogens is 292 g/mol. The summed E-state index contributed by atoms with van der Waals surface area (Å²) < 4.78 is 5.90. The average molecular weight is 331 g/mol. The van der Waals surface area contributed by atoms with Crippen molar-refractivity contribution < 1.29 is 9.22 Å². The molecule has 0 atom stereocenters. The van der Waals surface area contributed by atoms with Gasteiger partial charge in [0.15, 0.2) is 16.6 Å². The van der Waals surface area contributed by atoms with Gasteiger partial charge in [0.05, 0.1) is 5.60 Å². The highest BCUT2D eigenvalue weighted by atomic mass is 28.4. The Morgan fingerprint density at radius 3 is 1.52 bits per heavy atom. The van der Waals surface area contributed by atoms with Crippen LogP contribution in [0.1, 0.15) is 40.0 Å². The van der Waals surface area contributed by atoms with Crippen molar-refractivity contribution in [3.63, 3.8) is 0 Å². The Balaban J connectivity index is 0. The standard InChI is InChI=1S/C11H20O.C6H18OSi2/c1-4-7-8-9-10-11(12,5-2)6-3;1-8(2,3)7-9(4,5)6/h7-10,12H,4-6H2,1-3H3;1-6H3. The summed E-state index contributed by atoms with van der Waals surface area (Å²) in [6.07, 6.45) is 10.5. The maximum absolute atomic E-state index is 9.81. The van der Waals surface area contributed by atoms with Crippen molar-refractivity contribution in [1.82, 2.24) is 0 Å². The monoisotopic (exact) mass is 330 g/mol. The highest BCUT2D eigenvalue weighted by Gasteiger charge is 2.24. The number of allylic oxidation sites excluding steroid dienone is 3. The SMILES string of the molecule is CCC=CC=CC(O)(CC)CC.C[Si](C)(C)O[Si](C)(C)C. The summed E-state index contributed by atoms with van der Waals surface area (Å²) in [6.45, 7) is 19.5. The van der Waals surface area contributed by atoms with E-state index in [9.17, 15) is 5.11 Å². The van der Waals surface area contributed by atoms with Crippen LogP contribution in [0.25, 0.3) is 0 Å². The maximum atomic E-state index is 9.81. The lowest BCUT2D eigenvalue weighted by Crippen LogP contribution is -2.39. The molecule has 0 amide bonds. The van der Waals surface area contributed by atoms with E-state index in [4.69, 9.17) is 4.12 Å². The van der Waals surface area contributed by atoms with Gasteiger partial charge in [0.2, 0.25) is 0 Å². The third-order valence-electron chi connectivity index (χ3n) is 2.73. The molecule has 0 radical (unpaired) electrons. The van der Waals surface area contributed by atoms with Crippen LogP contribution in [0.4, 0.5) is 0 Å². The van der Waals surface area contributed by atoms with Crippen LogP contribution in [-0.2, 0) is 4.12 Å². The summed E-state index contributed by atoms with van der Waals surface area (Å²) >= 11 is 0. The van der Waals surface area contributed by atoms with Gasteiger partial charge in [-0.15, -0.1) is 0 Å². The Labute approximate surface area is 135 Å². The van der Waals surface area contributed by atoms with Gasteiger partial charge in [-0.3, -0.25) is 0 Å². The van der Waals surface area contributed by atoms with Gasteiger partial charge < -0.3 is 9.22 Å². The first kappa shape index (κ1) is 23.1. The lowest BCUT2D eigenvalue weighted by molar-refractivity contribution is 0.0828. The fraction of sp³-hybridized carbons (Fsp3) is 0.765. The molecular formula is C17H38O2Si2. The quantitative estimate of drug-likeness (QED) is 0.477. The second-order valence-corrected chi connectivity index (χ2v) is 16.6. The van der Waals surface area contributed by atoms with Gasteiger partial charge in [0.1, 0.15) is 0 Å². The smallest absolute Gasteiger partial charge is 0.170 e. The van der Waals surface area contributed by atoms with Crippen LogP contribution in [0.5, 0.6) is 0 Å². The zero-order valence-corrected chi connectivity index (χ0v) is 17.8. The van der Waals surface area contributed by atoms with Crippen LogP contribution >= 0.6 is 0 Å². The fourth-order valence-corrected chi connectivity index (χ4v) is 9.20. The van der Waals surface area contributed by atoms with E-state index >= 15 is 0 Å². The zero-order chi connectivity index (χ0) is 17.2. The largest absolute Gasteiger partial charge is 0.456 e. The highest BCUT2D eigenvalue weighted by Crippen LogP contribution is 2.15. The number of aliphatic hydroxyl groups is 1. The van der Waals surface area contributed by atoms with Crippen molar-refractivity contribution in [2.24, 2.45) is 0 Å². The van der Waals surface area contributed by atoms with Crippen molar-refractivity contribution in [3.05, 3.63) is 24.3 Å². The topological polar surface area (TPSA) is 29.5 Å². The van der Waals surface area contributed by atoms with Crippen LogP contribution in [-0.4, -0.2) is 27.3 Å². The normalized spacial score (nSPS) is 13.6. The van der Waals surface area contributed by atoms with Gasteiger partial charge in [-0.1, -0.05) is 45.1 Å². The minimum Gasteiger partial charge on any atom is -0.456 e. The molecule has 0 unspecified atom stereocenters. The van der Waals surface area contributed by atoms with Crippen molar-refractivity contribution in [1.29, 1.82) is 0 Å². The Kier molecular flexibility index (Phi) is 11.6. The van der Waals surface area contributed by atoms with Crippen LogP contribution in [0, 0.1) is 0 Å². The Morgan fingerprint density at radius 1 is 0.857 bits per heavy atom. The van der Waals surface area contributed by atoms with Crippen molar-refractivity contribution in [2.45, 2.75) is 84.9 Å². The number of hydrogen-bond donors (Lipinski definition) is 1. The molecule has 0 rings (SSSR count). The van der Waals surface area contributed by atoms with Gasteiger partial charge in [-0.25, -0.2) is 0 Å². The molecule has 0 saturated heterocycles. The van der Waals surface area contributed by atoms with E-state index in [0.29, 0.717) is 0 Å². The average Bonchev–Trinajstić information content (AvgIpc) is 2.30. The molecule has 0 saturated carbocycles. The van der Waals surface area contributed by atoms with Crippen molar-refractivity contribution in [2.75, 3.05) is 0 Å². The van der Waals surface area contributed by atoms with E-state index in [1.165, 1.54) is 0 Å². The van der Waals surface area contributed by atoms with Crippen LogP contribution < -0.4 is 0 Å². The van der Waals surface area contributed by atoms with Crippen LogP contribution in [0.15, 0.2) is 24.3 Å². The van der Waals surface area contributed by atoms with Crippen LogP contribution in [0.3, 0.4) is 0 Å². The molecule has 0 aliphatic rings. The van der Waals surface area contributed by atoms with E-state index in [0.717, 1.165) is 19.3 Å². The van der Waals surface area contributed by atoms with E-state index in [-0.39, 0.29) is 0 Å². The Bertz CT molecular complexity index is 294. The molecule has 21 heavy (non-hydrogen) atoms. The fourth-order valence-electron chi connectivity index (χ4n) is 1.85. The molecule has 4 heteroatoms. The molecule has 0 heterocycles. The van der Waals surface area contributed by atoms with Crippen LogP contribution in [0.2, 0.25) is 39.3 Å².